The molecule has 18 heavy (non-hydrogen) atoms. The number of aliphatic hydroxyl groups excluding tert-OH is 1. The summed E-state index contributed by atoms with van der Waals surface area (Å²) in [6, 6.07) is 10.5. The summed E-state index contributed by atoms with van der Waals surface area (Å²) in [5, 5.41) is 10.1. The van der Waals surface area contributed by atoms with Gasteiger partial charge in [-0.05, 0) is 18.6 Å². The molecule has 1 heterocycles. The number of hydrogen-bond acceptors (Lipinski definition) is 3. The molecule has 2 nitrogen and oxygen atoms in total. The van der Waals surface area contributed by atoms with E-state index in [1.165, 1.54) is 17.7 Å². The van der Waals surface area contributed by atoms with E-state index in [9.17, 15) is 5.11 Å². The Labute approximate surface area is 114 Å². The SMILES string of the molecule is CCCCC(Sc1ccccc1)[C@H]1C[C@H](O)CO1. The normalized spacial score (nSPS) is 25.2. The van der Waals surface area contributed by atoms with Gasteiger partial charge in [0.25, 0.3) is 0 Å². The van der Waals surface area contributed by atoms with Crippen molar-refractivity contribution in [3.05, 3.63) is 30.3 Å². The number of rotatable bonds is 6. The second kappa shape index (κ2) is 7.17. The maximum absolute atomic E-state index is 9.61. The topological polar surface area (TPSA) is 29.5 Å². The predicted molar refractivity (Wildman–Crippen MR) is 76.0 cm³/mol. The maximum Gasteiger partial charge on any atom is 0.0798 e. The minimum absolute atomic E-state index is 0.205. The molecule has 1 fully saturated rings. The van der Waals surface area contributed by atoms with E-state index >= 15 is 0 Å². The van der Waals surface area contributed by atoms with Crippen molar-refractivity contribution in [1.82, 2.24) is 0 Å². The van der Waals surface area contributed by atoms with E-state index < -0.39 is 0 Å². The summed E-state index contributed by atoms with van der Waals surface area (Å²) in [5.41, 5.74) is 0. The molecule has 1 aliphatic heterocycles. The molecule has 1 aromatic carbocycles. The van der Waals surface area contributed by atoms with E-state index in [1.54, 1.807) is 0 Å². The molecule has 0 bridgehead atoms. The fraction of sp³-hybridized carbons (Fsp3) is 0.600. The Bertz CT molecular complexity index is 342. The quantitative estimate of drug-likeness (QED) is 0.799. The summed E-state index contributed by atoms with van der Waals surface area (Å²) < 4.78 is 5.73. The van der Waals surface area contributed by atoms with Gasteiger partial charge in [-0.3, -0.25) is 0 Å². The fourth-order valence-electron chi connectivity index (χ4n) is 2.30. The van der Waals surface area contributed by atoms with Crippen molar-refractivity contribution in [1.29, 1.82) is 0 Å². The molecule has 1 aromatic rings. The number of aliphatic hydroxyl groups is 1. The van der Waals surface area contributed by atoms with E-state index in [1.807, 2.05) is 17.8 Å². The van der Waals surface area contributed by atoms with Crippen LogP contribution < -0.4 is 0 Å². The van der Waals surface area contributed by atoms with Crippen LogP contribution in [0, 0.1) is 0 Å². The summed E-state index contributed by atoms with van der Waals surface area (Å²) in [6.45, 7) is 2.72. The Kier molecular flexibility index (Phi) is 5.54. The second-order valence-electron chi connectivity index (χ2n) is 4.87. The highest BCUT2D eigenvalue weighted by atomic mass is 32.2. The van der Waals surface area contributed by atoms with Crippen molar-refractivity contribution in [2.75, 3.05) is 6.61 Å². The van der Waals surface area contributed by atoms with Crippen LogP contribution in [0.4, 0.5) is 0 Å². The zero-order valence-electron chi connectivity index (χ0n) is 10.9. The van der Waals surface area contributed by atoms with Crippen molar-refractivity contribution in [2.24, 2.45) is 0 Å². The molecule has 0 radical (unpaired) electrons. The molecule has 3 atom stereocenters. The lowest BCUT2D eigenvalue weighted by Crippen LogP contribution is -2.22. The first kappa shape index (κ1) is 13.9. The highest BCUT2D eigenvalue weighted by molar-refractivity contribution is 8.00. The lowest BCUT2D eigenvalue weighted by atomic mass is 10.1. The third kappa shape index (κ3) is 4.01. The average Bonchev–Trinajstić information content (AvgIpc) is 2.82. The third-order valence-electron chi connectivity index (χ3n) is 3.29. The number of thioether (sulfide) groups is 1. The van der Waals surface area contributed by atoms with Gasteiger partial charge in [-0.15, -0.1) is 11.8 Å². The highest BCUT2D eigenvalue weighted by Gasteiger charge is 2.31. The number of ether oxygens (including phenoxy) is 1. The van der Waals surface area contributed by atoms with E-state index in [0.717, 1.165) is 12.8 Å². The van der Waals surface area contributed by atoms with Gasteiger partial charge in [-0.1, -0.05) is 38.0 Å². The van der Waals surface area contributed by atoms with E-state index in [0.29, 0.717) is 11.9 Å². The van der Waals surface area contributed by atoms with Crippen molar-refractivity contribution < 1.29 is 9.84 Å². The third-order valence-corrected chi connectivity index (χ3v) is 4.68. The first-order chi connectivity index (χ1) is 8.79. The molecule has 0 aliphatic carbocycles. The number of unbranched alkanes of at least 4 members (excludes halogenated alkanes) is 1. The minimum Gasteiger partial charge on any atom is -0.391 e. The first-order valence-corrected chi connectivity index (χ1v) is 7.69. The van der Waals surface area contributed by atoms with E-state index in [4.69, 9.17) is 4.74 Å². The van der Waals surface area contributed by atoms with Gasteiger partial charge >= 0.3 is 0 Å². The number of benzene rings is 1. The van der Waals surface area contributed by atoms with Gasteiger partial charge in [0.15, 0.2) is 0 Å². The predicted octanol–water partition coefficient (Wildman–Crippen LogP) is 3.49. The van der Waals surface area contributed by atoms with Gasteiger partial charge in [0.2, 0.25) is 0 Å². The molecule has 2 rings (SSSR count). The Hall–Kier alpha value is -0.510. The summed E-state index contributed by atoms with van der Waals surface area (Å²) >= 11 is 1.89. The van der Waals surface area contributed by atoms with Crippen LogP contribution in [0.15, 0.2) is 35.2 Å². The fourth-order valence-corrected chi connectivity index (χ4v) is 3.59. The van der Waals surface area contributed by atoms with Crippen LogP contribution in [0.1, 0.15) is 32.6 Å². The van der Waals surface area contributed by atoms with Crippen LogP contribution in [0.5, 0.6) is 0 Å². The smallest absolute Gasteiger partial charge is 0.0798 e. The summed E-state index contributed by atoms with van der Waals surface area (Å²) in [7, 11) is 0. The lowest BCUT2D eigenvalue weighted by molar-refractivity contribution is 0.0860. The zero-order valence-corrected chi connectivity index (χ0v) is 11.7. The van der Waals surface area contributed by atoms with Gasteiger partial charge in [0.05, 0.1) is 18.8 Å². The molecule has 1 unspecified atom stereocenters. The molecule has 3 heteroatoms. The summed E-state index contributed by atoms with van der Waals surface area (Å²) in [6.07, 6.45) is 4.32. The second-order valence-corrected chi connectivity index (χ2v) is 6.19. The molecule has 100 valence electrons. The van der Waals surface area contributed by atoms with Crippen LogP contribution >= 0.6 is 11.8 Å². The van der Waals surface area contributed by atoms with Gasteiger partial charge in [-0.2, -0.15) is 0 Å². The van der Waals surface area contributed by atoms with Crippen LogP contribution in [-0.2, 0) is 4.74 Å². The van der Waals surface area contributed by atoms with E-state index in [-0.39, 0.29) is 12.2 Å². The van der Waals surface area contributed by atoms with Crippen LogP contribution in [0.3, 0.4) is 0 Å². The minimum atomic E-state index is -0.268. The average molecular weight is 266 g/mol. The van der Waals surface area contributed by atoms with Crippen molar-refractivity contribution >= 4 is 11.8 Å². The maximum atomic E-state index is 9.61. The van der Waals surface area contributed by atoms with Crippen LogP contribution in [0.2, 0.25) is 0 Å². The number of hydrogen-bond donors (Lipinski definition) is 1. The molecule has 1 aliphatic rings. The zero-order chi connectivity index (χ0) is 12.8. The Morgan fingerprint density at radius 2 is 2.17 bits per heavy atom. The van der Waals surface area contributed by atoms with Crippen LogP contribution in [0.25, 0.3) is 0 Å². The lowest BCUT2D eigenvalue weighted by Gasteiger charge is -2.22. The molecule has 0 saturated carbocycles. The van der Waals surface area contributed by atoms with Gasteiger partial charge in [0.1, 0.15) is 0 Å². The van der Waals surface area contributed by atoms with E-state index in [2.05, 4.69) is 31.2 Å². The molecule has 0 amide bonds. The highest BCUT2D eigenvalue weighted by Crippen LogP contribution is 2.33. The Morgan fingerprint density at radius 1 is 1.39 bits per heavy atom. The Balaban J connectivity index is 1.96. The summed E-state index contributed by atoms with van der Waals surface area (Å²) in [4.78, 5) is 1.29. The monoisotopic (exact) mass is 266 g/mol. The molecular weight excluding hydrogens is 244 g/mol. The molecule has 1 saturated heterocycles. The van der Waals surface area contributed by atoms with Gasteiger partial charge in [0, 0.05) is 16.6 Å². The van der Waals surface area contributed by atoms with Crippen molar-refractivity contribution in [3.63, 3.8) is 0 Å². The van der Waals surface area contributed by atoms with Gasteiger partial charge < -0.3 is 9.84 Å². The molecule has 1 N–H and O–H groups in total. The van der Waals surface area contributed by atoms with Crippen molar-refractivity contribution in [3.8, 4) is 0 Å². The standard InChI is InChI=1S/C15H22O2S/c1-2-3-9-15(14-10-12(16)11-17-14)18-13-7-5-4-6-8-13/h4-8,12,14-16H,2-3,9-11H2,1H3/t12-,14+,15?/m0/s1. The summed E-state index contributed by atoms with van der Waals surface area (Å²) in [5.74, 6) is 0. The first-order valence-electron chi connectivity index (χ1n) is 6.81. The largest absolute Gasteiger partial charge is 0.391 e. The molecular formula is C15H22O2S. The molecule has 0 aromatic heterocycles. The van der Waals surface area contributed by atoms with Crippen LogP contribution in [-0.4, -0.2) is 29.2 Å². The Morgan fingerprint density at radius 3 is 2.78 bits per heavy atom. The molecule has 0 spiro atoms. The van der Waals surface area contributed by atoms with Crippen molar-refractivity contribution in [2.45, 2.75) is 55.0 Å². The van der Waals surface area contributed by atoms with Gasteiger partial charge in [-0.25, -0.2) is 0 Å².